The second-order valence-electron chi connectivity index (χ2n) is 2.32. The summed E-state index contributed by atoms with van der Waals surface area (Å²) in [5.74, 6) is -0.355. The van der Waals surface area contributed by atoms with Crippen LogP contribution in [0.2, 0.25) is 6.55 Å². The van der Waals surface area contributed by atoms with E-state index in [4.69, 9.17) is 13.3 Å². The van der Waals surface area contributed by atoms with Gasteiger partial charge in [0.25, 0.3) is 5.97 Å². The van der Waals surface area contributed by atoms with E-state index in [0.29, 0.717) is 13.2 Å². The van der Waals surface area contributed by atoms with Crippen LogP contribution < -0.4 is 51.4 Å². The van der Waals surface area contributed by atoms with Crippen LogP contribution in [0.4, 0.5) is 0 Å². The minimum atomic E-state index is -2.66. The summed E-state index contributed by atoms with van der Waals surface area (Å²) in [5, 5.41) is 0. The Morgan fingerprint density at radius 1 is 1.31 bits per heavy atom. The Balaban J connectivity index is -0.000000605. The average Bonchev–Trinajstić information content (AvgIpc) is 1.85. The maximum atomic E-state index is 10.7. The van der Waals surface area contributed by atoms with E-state index in [1.54, 1.807) is 6.55 Å². The summed E-state index contributed by atoms with van der Waals surface area (Å²) < 4.78 is 15.5. The van der Waals surface area contributed by atoms with Crippen molar-refractivity contribution in [2.24, 2.45) is 0 Å². The summed E-state index contributed by atoms with van der Waals surface area (Å²) in [6.45, 7) is 7.73. The van der Waals surface area contributed by atoms with Crippen molar-refractivity contribution in [3.8, 4) is 0 Å². The molecule has 0 amide bonds. The van der Waals surface area contributed by atoms with Crippen LogP contribution in [0.25, 0.3) is 0 Å². The van der Waals surface area contributed by atoms with Gasteiger partial charge >= 0.3 is 60.2 Å². The third-order valence-corrected chi connectivity index (χ3v) is 3.43. The summed E-state index contributed by atoms with van der Waals surface area (Å²) in [5.41, 5.74) is 0. The second-order valence-corrected chi connectivity index (χ2v) is 4.83. The Morgan fingerprint density at radius 3 is 1.92 bits per heavy atom. The SMILES string of the molecule is CCO[Si](C)(OCC)OC(C)=O.[H-].[K+]. The predicted octanol–water partition coefficient (Wildman–Crippen LogP) is -1.69. The second kappa shape index (κ2) is 8.54. The van der Waals surface area contributed by atoms with Crippen LogP contribution in [0, 0.1) is 0 Å². The molecule has 0 aliphatic rings. The van der Waals surface area contributed by atoms with Gasteiger partial charge in [-0.25, -0.2) is 0 Å². The molecule has 0 saturated carbocycles. The normalized spacial score (nSPS) is 10.5. The first-order chi connectivity index (χ1) is 5.54. The molecule has 0 saturated heterocycles. The Kier molecular flexibility index (Phi) is 11.0. The molecule has 13 heavy (non-hydrogen) atoms. The molecule has 0 rings (SSSR count). The standard InChI is InChI=1S/C7H16O4Si.K.H/c1-5-9-12(4,10-6-2)11-7(3)8;;/h5-6H2,1-4H3;;/q;+1;-1. The molecule has 0 N–H and O–H groups in total. The first-order valence-electron chi connectivity index (χ1n) is 4.01. The molecule has 6 heteroatoms. The van der Waals surface area contributed by atoms with Crippen LogP contribution in [0.1, 0.15) is 22.2 Å². The monoisotopic (exact) mass is 232 g/mol. The smallest absolute Gasteiger partial charge is 1.00 e. The van der Waals surface area contributed by atoms with E-state index >= 15 is 0 Å². The molecule has 0 bridgehead atoms. The molecule has 0 aliphatic carbocycles. The fourth-order valence-electron chi connectivity index (χ4n) is 0.886. The van der Waals surface area contributed by atoms with Gasteiger partial charge in [-0.3, -0.25) is 4.79 Å². The van der Waals surface area contributed by atoms with E-state index in [1.165, 1.54) is 6.92 Å². The summed E-state index contributed by atoms with van der Waals surface area (Å²) in [6.07, 6.45) is 0. The van der Waals surface area contributed by atoms with E-state index in [0.717, 1.165) is 0 Å². The minimum absolute atomic E-state index is 0. The Bertz CT molecular complexity index is 153. The quantitative estimate of drug-likeness (QED) is 0.531. The first-order valence-corrected chi connectivity index (χ1v) is 6.24. The molecule has 4 nitrogen and oxygen atoms in total. The fourth-order valence-corrected chi connectivity index (χ4v) is 2.66. The number of carbonyl (C=O) groups is 1. The zero-order valence-electron chi connectivity index (χ0n) is 10.0. The van der Waals surface area contributed by atoms with E-state index < -0.39 is 8.80 Å². The molecule has 0 atom stereocenters. The Labute approximate surface area is 125 Å². The first kappa shape index (κ1) is 16.7. The van der Waals surface area contributed by atoms with Gasteiger partial charge in [0.2, 0.25) is 0 Å². The zero-order chi connectivity index (χ0) is 9.61. The topological polar surface area (TPSA) is 44.8 Å². The molecule has 0 heterocycles. The molecule has 0 unspecified atom stereocenters. The van der Waals surface area contributed by atoms with E-state index in [2.05, 4.69) is 0 Å². The van der Waals surface area contributed by atoms with Gasteiger partial charge in [0.1, 0.15) is 0 Å². The number of rotatable bonds is 5. The van der Waals surface area contributed by atoms with Gasteiger partial charge in [-0.2, -0.15) is 0 Å². The van der Waals surface area contributed by atoms with Crippen molar-refractivity contribution in [1.82, 2.24) is 0 Å². The van der Waals surface area contributed by atoms with E-state index in [9.17, 15) is 4.79 Å². The average molecular weight is 232 g/mol. The van der Waals surface area contributed by atoms with Crippen LogP contribution in [0.3, 0.4) is 0 Å². The van der Waals surface area contributed by atoms with Crippen molar-refractivity contribution < 1.29 is 70.9 Å². The Morgan fingerprint density at radius 2 is 1.69 bits per heavy atom. The molecule has 74 valence electrons. The van der Waals surface area contributed by atoms with E-state index in [-0.39, 0.29) is 58.8 Å². The van der Waals surface area contributed by atoms with Gasteiger partial charge < -0.3 is 14.7 Å². The van der Waals surface area contributed by atoms with Crippen molar-refractivity contribution in [3.05, 3.63) is 0 Å². The summed E-state index contributed by atoms with van der Waals surface area (Å²) in [7, 11) is -2.66. The molecule has 0 aromatic carbocycles. The maximum absolute atomic E-state index is 10.7. The third kappa shape index (κ3) is 8.25. The van der Waals surface area contributed by atoms with Crippen molar-refractivity contribution in [1.29, 1.82) is 0 Å². The maximum Gasteiger partial charge on any atom is 1.00 e. The van der Waals surface area contributed by atoms with Crippen LogP contribution in [0.5, 0.6) is 0 Å². The number of hydrogen-bond donors (Lipinski definition) is 0. The van der Waals surface area contributed by atoms with E-state index in [1.807, 2.05) is 13.8 Å². The van der Waals surface area contributed by atoms with Crippen molar-refractivity contribution in [2.45, 2.75) is 27.3 Å². The number of carbonyl (C=O) groups excluding carboxylic acids is 1. The summed E-state index contributed by atoms with van der Waals surface area (Å²) >= 11 is 0. The molecule has 0 aromatic rings. The van der Waals surface area contributed by atoms with Crippen LogP contribution >= 0.6 is 0 Å². The van der Waals surface area contributed by atoms with Crippen molar-refractivity contribution >= 4 is 14.8 Å². The molecule has 0 radical (unpaired) electrons. The largest absolute Gasteiger partial charge is 1.00 e. The van der Waals surface area contributed by atoms with Gasteiger partial charge in [-0.05, 0) is 13.8 Å². The third-order valence-electron chi connectivity index (χ3n) is 1.14. The molecule has 0 aromatic heterocycles. The van der Waals surface area contributed by atoms with Gasteiger partial charge in [-0.15, -0.1) is 0 Å². The van der Waals surface area contributed by atoms with Crippen LogP contribution in [0.15, 0.2) is 0 Å². The van der Waals surface area contributed by atoms with Gasteiger partial charge in [0.15, 0.2) is 0 Å². The molecule has 0 spiro atoms. The van der Waals surface area contributed by atoms with Gasteiger partial charge in [-0.1, -0.05) is 0 Å². The predicted molar refractivity (Wildman–Crippen MR) is 47.7 cm³/mol. The fraction of sp³-hybridized carbons (Fsp3) is 0.857. The van der Waals surface area contributed by atoms with Gasteiger partial charge in [0.05, 0.1) is 0 Å². The molecule has 0 fully saturated rings. The summed E-state index contributed by atoms with van der Waals surface area (Å²) in [6, 6.07) is 0. The van der Waals surface area contributed by atoms with Crippen molar-refractivity contribution in [3.63, 3.8) is 0 Å². The zero-order valence-corrected chi connectivity index (χ0v) is 13.2. The minimum Gasteiger partial charge on any atom is -1.00 e. The number of hydrogen-bond acceptors (Lipinski definition) is 4. The molecular formula is C7H17KO4Si. The van der Waals surface area contributed by atoms with Crippen LogP contribution in [-0.4, -0.2) is 28.0 Å². The van der Waals surface area contributed by atoms with Crippen molar-refractivity contribution in [2.75, 3.05) is 13.2 Å². The van der Waals surface area contributed by atoms with Gasteiger partial charge in [0, 0.05) is 26.7 Å². The van der Waals surface area contributed by atoms with Crippen LogP contribution in [-0.2, 0) is 18.1 Å². The molecule has 0 aliphatic heterocycles. The summed E-state index contributed by atoms with van der Waals surface area (Å²) in [4.78, 5) is 10.7. The Hall–Kier alpha value is 1.24. The molecular weight excluding hydrogens is 215 g/mol.